The normalized spacial score (nSPS) is 15.2. The average molecular weight is 367 g/mol. The predicted octanol–water partition coefficient (Wildman–Crippen LogP) is 5.79. The van der Waals surface area contributed by atoms with Gasteiger partial charge in [0.1, 0.15) is 5.75 Å². The number of rotatable bonds is 7. The molecule has 1 unspecified atom stereocenters. The van der Waals surface area contributed by atoms with E-state index in [9.17, 15) is 4.79 Å². The molecule has 0 saturated carbocycles. The third kappa shape index (κ3) is 9.48. The number of carboxylic acids is 1. The zero-order valence-corrected chi connectivity index (χ0v) is 17.1. The Morgan fingerprint density at radius 3 is 2.04 bits per heavy atom. The number of ether oxygens (including phenoxy) is 1. The summed E-state index contributed by atoms with van der Waals surface area (Å²) in [4.78, 5) is 12.1. The van der Waals surface area contributed by atoms with Crippen LogP contribution in [0, 0.1) is 0 Å². The largest absolute Gasteiger partial charge is 0.481 e. The first-order valence-electron chi connectivity index (χ1n) is 8.42. The average Bonchev–Trinajstić information content (AvgIpc) is 2.43. The molecule has 0 amide bonds. The van der Waals surface area contributed by atoms with Crippen molar-refractivity contribution in [2.45, 2.75) is 82.2 Å². The molecule has 1 N–H and O–H groups in total. The van der Waals surface area contributed by atoms with Gasteiger partial charge in [-0.3, -0.25) is 4.79 Å². The van der Waals surface area contributed by atoms with Crippen molar-refractivity contribution in [3.05, 3.63) is 24.3 Å². The van der Waals surface area contributed by atoms with Gasteiger partial charge in [0.15, 0.2) is 0 Å². The molecular weight excluding hydrogens is 336 g/mol. The zero-order valence-electron chi connectivity index (χ0n) is 16.3. The first kappa shape index (κ1) is 21.5. The Morgan fingerprint density at radius 1 is 1.04 bits per heavy atom. The maximum atomic E-state index is 10.9. The van der Waals surface area contributed by atoms with Gasteiger partial charge in [0, 0.05) is 16.1 Å². The summed E-state index contributed by atoms with van der Waals surface area (Å²) in [6.07, 6.45) is 0.220. The van der Waals surface area contributed by atoms with Crippen molar-refractivity contribution in [3.63, 3.8) is 0 Å². The molecule has 0 radical (unpaired) electrons. The highest BCUT2D eigenvalue weighted by Gasteiger charge is 2.28. The third-order valence-electron chi connectivity index (χ3n) is 2.95. The fourth-order valence-corrected chi connectivity index (χ4v) is 2.88. The van der Waals surface area contributed by atoms with Crippen molar-refractivity contribution >= 4 is 17.7 Å². The van der Waals surface area contributed by atoms with E-state index in [1.807, 2.05) is 45.0 Å². The van der Waals surface area contributed by atoms with Gasteiger partial charge in [-0.05, 0) is 52.0 Å². The Hall–Kier alpha value is -1.56. The Labute approximate surface area is 155 Å². The van der Waals surface area contributed by atoms with Gasteiger partial charge < -0.3 is 9.84 Å². The molecule has 0 spiro atoms. The van der Waals surface area contributed by atoms with Crippen molar-refractivity contribution < 1.29 is 14.6 Å². The number of aliphatic carboxylic acids is 1. The minimum absolute atomic E-state index is 0.0301. The summed E-state index contributed by atoms with van der Waals surface area (Å²) in [5, 5.41) is 17.6. The SMILES string of the molecule is CC(C)(C)/N=N/C(C)(CCC(=O)O)Oc1ccc(SC(C)(C)C)cc1. The molecule has 0 bridgehead atoms. The molecular formula is C19H30N2O3S. The van der Waals surface area contributed by atoms with E-state index in [0.717, 1.165) is 4.90 Å². The first-order chi connectivity index (χ1) is 11.3. The van der Waals surface area contributed by atoms with E-state index in [1.165, 1.54) is 0 Å². The Morgan fingerprint density at radius 2 is 1.60 bits per heavy atom. The second-order valence-electron chi connectivity index (χ2n) is 8.23. The molecule has 1 rings (SSSR count). The van der Waals surface area contributed by atoms with E-state index in [4.69, 9.17) is 9.84 Å². The van der Waals surface area contributed by atoms with Gasteiger partial charge in [-0.2, -0.15) is 5.11 Å². The van der Waals surface area contributed by atoms with E-state index < -0.39 is 11.7 Å². The van der Waals surface area contributed by atoms with Crippen molar-refractivity contribution in [3.8, 4) is 5.75 Å². The molecule has 0 aliphatic carbocycles. The standard InChI is InChI=1S/C19H30N2O3S/c1-17(2,3)20-21-19(7,13-12-16(22)23)24-14-8-10-15(11-9-14)25-18(4,5)6/h8-11H,12-13H2,1-7H3,(H,22,23)/b21-20+. The number of benzene rings is 1. The number of thioether (sulfide) groups is 1. The summed E-state index contributed by atoms with van der Waals surface area (Å²) >= 11 is 1.78. The number of hydrogen-bond acceptors (Lipinski definition) is 5. The molecule has 1 aromatic carbocycles. The van der Waals surface area contributed by atoms with Crippen LogP contribution in [-0.2, 0) is 4.79 Å². The summed E-state index contributed by atoms with van der Waals surface area (Å²) in [5.41, 5.74) is -1.36. The van der Waals surface area contributed by atoms with E-state index in [2.05, 4.69) is 31.0 Å². The summed E-state index contributed by atoms with van der Waals surface area (Å²) in [6.45, 7) is 14.1. The van der Waals surface area contributed by atoms with Crippen LogP contribution >= 0.6 is 11.8 Å². The maximum absolute atomic E-state index is 10.9. The fourth-order valence-electron chi connectivity index (χ4n) is 1.90. The number of carbonyl (C=O) groups is 1. The van der Waals surface area contributed by atoms with Gasteiger partial charge >= 0.3 is 5.97 Å². The Kier molecular flexibility index (Phi) is 7.06. The lowest BCUT2D eigenvalue weighted by Gasteiger charge is -2.26. The molecule has 0 fully saturated rings. The van der Waals surface area contributed by atoms with Gasteiger partial charge in [0.25, 0.3) is 0 Å². The van der Waals surface area contributed by atoms with Gasteiger partial charge in [-0.15, -0.1) is 16.9 Å². The van der Waals surface area contributed by atoms with Gasteiger partial charge in [0.05, 0.1) is 12.0 Å². The predicted molar refractivity (Wildman–Crippen MR) is 103 cm³/mol. The number of carboxylic acid groups (broad SMARTS) is 1. The van der Waals surface area contributed by atoms with Crippen LogP contribution in [0.15, 0.2) is 39.4 Å². The highest BCUT2D eigenvalue weighted by Crippen LogP contribution is 2.33. The van der Waals surface area contributed by atoms with Crippen LogP contribution in [0.1, 0.15) is 61.3 Å². The Bertz CT molecular complexity index is 601. The van der Waals surface area contributed by atoms with Gasteiger partial charge in [-0.1, -0.05) is 20.8 Å². The molecule has 5 nitrogen and oxygen atoms in total. The monoisotopic (exact) mass is 366 g/mol. The van der Waals surface area contributed by atoms with E-state index in [0.29, 0.717) is 5.75 Å². The molecule has 0 aliphatic rings. The van der Waals surface area contributed by atoms with Crippen LogP contribution in [-0.4, -0.2) is 27.1 Å². The maximum Gasteiger partial charge on any atom is 0.303 e. The number of hydrogen-bond donors (Lipinski definition) is 1. The molecule has 140 valence electrons. The van der Waals surface area contributed by atoms with E-state index in [1.54, 1.807) is 18.7 Å². The number of nitrogens with zero attached hydrogens (tertiary/aromatic N) is 2. The molecule has 1 aromatic rings. The quantitative estimate of drug-likeness (QED) is 0.490. The third-order valence-corrected chi connectivity index (χ3v) is 4.07. The first-order valence-corrected chi connectivity index (χ1v) is 9.24. The summed E-state index contributed by atoms with van der Waals surface area (Å²) in [7, 11) is 0. The zero-order chi connectivity index (χ0) is 19.3. The lowest BCUT2D eigenvalue weighted by Crippen LogP contribution is -2.31. The minimum Gasteiger partial charge on any atom is -0.481 e. The molecule has 0 aliphatic heterocycles. The van der Waals surface area contributed by atoms with Crippen molar-refractivity contribution in [2.24, 2.45) is 10.2 Å². The Balaban J connectivity index is 2.93. The van der Waals surface area contributed by atoms with Crippen LogP contribution in [0.4, 0.5) is 0 Å². The van der Waals surface area contributed by atoms with Crippen molar-refractivity contribution in [2.75, 3.05) is 0 Å². The smallest absolute Gasteiger partial charge is 0.303 e. The number of azo groups is 1. The highest BCUT2D eigenvalue weighted by molar-refractivity contribution is 8.00. The van der Waals surface area contributed by atoms with Crippen LogP contribution < -0.4 is 4.74 Å². The van der Waals surface area contributed by atoms with Crippen LogP contribution in [0.3, 0.4) is 0 Å². The van der Waals surface area contributed by atoms with Crippen molar-refractivity contribution in [1.29, 1.82) is 0 Å². The second-order valence-corrected chi connectivity index (χ2v) is 10.1. The van der Waals surface area contributed by atoms with E-state index in [-0.39, 0.29) is 23.1 Å². The second kappa shape index (κ2) is 8.21. The van der Waals surface area contributed by atoms with E-state index >= 15 is 0 Å². The molecule has 1 atom stereocenters. The molecule has 6 heteroatoms. The summed E-state index contributed by atoms with van der Waals surface area (Å²) in [5.74, 6) is -0.225. The van der Waals surface area contributed by atoms with Crippen LogP contribution in [0.5, 0.6) is 5.75 Å². The highest BCUT2D eigenvalue weighted by atomic mass is 32.2. The van der Waals surface area contributed by atoms with Gasteiger partial charge in [0.2, 0.25) is 5.72 Å². The van der Waals surface area contributed by atoms with Crippen molar-refractivity contribution in [1.82, 2.24) is 0 Å². The van der Waals surface area contributed by atoms with Gasteiger partial charge in [-0.25, -0.2) is 0 Å². The topological polar surface area (TPSA) is 71.2 Å². The van der Waals surface area contributed by atoms with Crippen LogP contribution in [0.2, 0.25) is 0 Å². The minimum atomic E-state index is -1.01. The lowest BCUT2D eigenvalue weighted by molar-refractivity contribution is -0.138. The molecule has 25 heavy (non-hydrogen) atoms. The summed E-state index contributed by atoms with van der Waals surface area (Å²) in [6, 6.07) is 7.78. The summed E-state index contributed by atoms with van der Waals surface area (Å²) < 4.78 is 6.14. The molecule has 0 aromatic heterocycles. The molecule has 0 saturated heterocycles. The van der Waals surface area contributed by atoms with Crippen LogP contribution in [0.25, 0.3) is 0 Å². The lowest BCUT2D eigenvalue weighted by atomic mass is 10.1. The fraction of sp³-hybridized carbons (Fsp3) is 0.632. The molecule has 0 heterocycles.